The van der Waals surface area contributed by atoms with E-state index in [1.807, 2.05) is 66.9 Å². The van der Waals surface area contributed by atoms with Crippen molar-refractivity contribution in [1.29, 1.82) is 0 Å². The van der Waals surface area contributed by atoms with Crippen LogP contribution < -0.4 is 10.1 Å². The summed E-state index contributed by atoms with van der Waals surface area (Å²) in [6.07, 6.45) is 4.57. The van der Waals surface area contributed by atoms with Crippen molar-refractivity contribution < 1.29 is 4.74 Å². The normalized spacial score (nSPS) is 13.9. The minimum atomic E-state index is 0.354. The Bertz CT molecular complexity index is 1010. The fourth-order valence-corrected chi connectivity index (χ4v) is 3.15. The lowest BCUT2D eigenvalue weighted by Gasteiger charge is -2.14. The van der Waals surface area contributed by atoms with E-state index in [1.54, 1.807) is 0 Å². The third kappa shape index (κ3) is 6.10. The van der Waals surface area contributed by atoms with Gasteiger partial charge in [0.15, 0.2) is 0 Å². The molecule has 1 aliphatic carbocycles. The molecule has 4 rings (SSSR count). The number of ether oxygens (including phenoxy) is 1. The molecule has 0 radical (unpaired) electrons. The second-order valence-corrected chi connectivity index (χ2v) is 8.21. The molecule has 0 aliphatic heterocycles. The third-order valence-corrected chi connectivity index (χ3v) is 5.33. The van der Waals surface area contributed by atoms with E-state index in [2.05, 4.69) is 29.1 Å². The number of nitrogens with zero attached hydrogens (tertiary/aromatic N) is 1. The minimum absolute atomic E-state index is 0.354. The van der Waals surface area contributed by atoms with Gasteiger partial charge in [0.1, 0.15) is 18.1 Å². The molecule has 3 nitrogen and oxygen atoms in total. The molecule has 4 heteroatoms. The molecule has 30 heavy (non-hydrogen) atoms. The van der Waals surface area contributed by atoms with Gasteiger partial charge < -0.3 is 10.1 Å². The van der Waals surface area contributed by atoms with Crippen LogP contribution in [-0.4, -0.2) is 24.2 Å². The van der Waals surface area contributed by atoms with Crippen molar-refractivity contribution in [3.63, 3.8) is 0 Å². The van der Waals surface area contributed by atoms with Gasteiger partial charge in [-0.25, -0.2) is 4.98 Å². The monoisotopic (exact) mass is 416 g/mol. The maximum absolute atomic E-state index is 5.95. The SMILES string of the molecule is CC(COc1ccc(C#Cc2ccc(-c3ccc(Cl)cc3)cn2)cc1)NCC1CC1. The Kier molecular flexibility index (Phi) is 6.69. The highest BCUT2D eigenvalue weighted by Gasteiger charge is 2.21. The van der Waals surface area contributed by atoms with Gasteiger partial charge in [-0.3, -0.25) is 0 Å². The molecule has 2 aromatic carbocycles. The highest BCUT2D eigenvalue weighted by atomic mass is 35.5. The Morgan fingerprint density at radius 2 is 1.73 bits per heavy atom. The summed E-state index contributed by atoms with van der Waals surface area (Å²) in [5, 5.41) is 4.25. The second kappa shape index (κ2) is 9.80. The van der Waals surface area contributed by atoms with Gasteiger partial charge in [0.25, 0.3) is 0 Å². The number of hydrogen-bond donors (Lipinski definition) is 1. The molecule has 0 spiro atoms. The van der Waals surface area contributed by atoms with Crippen molar-refractivity contribution in [2.45, 2.75) is 25.8 Å². The number of halogens is 1. The van der Waals surface area contributed by atoms with E-state index in [9.17, 15) is 0 Å². The molecule has 1 aromatic heterocycles. The predicted octanol–water partition coefficient (Wildman–Crippen LogP) is 5.57. The Morgan fingerprint density at radius 1 is 1.00 bits per heavy atom. The lowest BCUT2D eigenvalue weighted by atomic mass is 10.1. The average molecular weight is 417 g/mol. The average Bonchev–Trinajstić information content (AvgIpc) is 3.61. The Morgan fingerprint density at radius 3 is 2.40 bits per heavy atom. The summed E-state index contributed by atoms with van der Waals surface area (Å²) in [5.41, 5.74) is 3.80. The first-order valence-corrected chi connectivity index (χ1v) is 10.7. The summed E-state index contributed by atoms with van der Waals surface area (Å²) in [4.78, 5) is 4.45. The van der Waals surface area contributed by atoms with Crippen LogP contribution in [0.5, 0.6) is 5.75 Å². The number of rotatable bonds is 7. The number of nitrogens with one attached hydrogen (secondary N) is 1. The van der Waals surface area contributed by atoms with Crippen LogP contribution in [0, 0.1) is 17.8 Å². The number of benzene rings is 2. The van der Waals surface area contributed by atoms with Crippen molar-refractivity contribution >= 4 is 11.6 Å². The third-order valence-electron chi connectivity index (χ3n) is 5.08. The van der Waals surface area contributed by atoms with Gasteiger partial charge in [-0.1, -0.05) is 35.7 Å². The van der Waals surface area contributed by atoms with Crippen LogP contribution in [0.4, 0.5) is 0 Å². The standard InChI is InChI=1S/C26H25ClN2O/c1-19(28-16-21-2-3-21)18-30-26-14-5-20(6-15-26)4-12-25-13-9-23(17-29-25)22-7-10-24(27)11-8-22/h5-11,13-15,17,19,21,28H,2-3,16,18H2,1H3. The highest BCUT2D eigenvalue weighted by Crippen LogP contribution is 2.27. The summed E-state index contributed by atoms with van der Waals surface area (Å²) in [6, 6.07) is 19.9. The first-order chi connectivity index (χ1) is 14.7. The molecular weight excluding hydrogens is 392 g/mol. The van der Waals surface area contributed by atoms with E-state index in [-0.39, 0.29) is 0 Å². The van der Waals surface area contributed by atoms with Gasteiger partial charge in [-0.15, -0.1) is 0 Å². The molecule has 0 amide bonds. The van der Waals surface area contributed by atoms with Crippen LogP contribution >= 0.6 is 11.6 Å². The van der Waals surface area contributed by atoms with Crippen LogP contribution in [0.25, 0.3) is 11.1 Å². The molecule has 1 N–H and O–H groups in total. The second-order valence-electron chi connectivity index (χ2n) is 7.78. The molecule has 3 aromatic rings. The lowest BCUT2D eigenvalue weighted by Crippen LogP contribution is -2.33. The zero-order valence-corrected chi connectivity index (χ0v) is 17.8. The van der Waals surface area contributed by atoms with Crippen molar-refractivity contribution in [3.8, 4) is 28.7 Å². The zero-order valence-electron chi connectivity index (χ0n) is 17.1. The molecule has 0 bridgehead atoms. The van der Waals surface area contributed by atoms with Gasteiger partial charge in [-0.05, 0) is 86.2 Å². The first-order valence-electron chi connectivity index (χ1n) is 10.4. The predicted molar refractivity (Wildman–Crippen MR) is 123 cm³/mol. The number of aromatic nitrogens is 1. The van der Waals surface area contributed by atoms with Gasteiger partial charge in [0.05, 0.1) is 0 Å². The van der Waals surface area contributed by atoms with E-state index in [1.165, 1.54) is 12.8 Å². The molecule has 1 unspecified atom stereocenters. The van der Waals surface area contributed by atoms with Crippen LogP contribution in [0.3, 0.4) is 0 Å². The van der Waals surface area contributed by atoms with E-state index < -0.39 is 0 Å². The van der Waals surface area contributed by atoms with Crippen LogP contribution in [0.1, 0.15) is 31.0 Å². The van der Waals surface area contributed by atoms with E-state index in [0.717, 1.165) is 45.6 Å². The van der Waals surface area contributed by atoms with E-state index in [4.69, 9.17) is 16.3 Å². The fraction of sp³-hybridized carbons (Fsp3) is 0.269. The van der Waals surface area contributed by atoms with Gasteiger partial charge in [0.2, 0.25) is 0 Å². The van der Waals surface area contributed by atoms with Crippen LogP contribution in [0.2, 0.25) is 5.02 Å². The molecule has 1 aliphatic rings. The van der Waals surface area contributed by atoms with Crippen LogP contribution in [0.15, 0.2) is 66.9 Å². The molecule has 1 saturated carbocycles. The maximum Gasteiger partial charge on any atom is 0.119 e. The van der Waals surface area contributed by atoms with Crippen molar-refractivity contribution in [3.05, 3.63) is 83.1 Å². The summed E-state index contributed by atoms with van der Waals surface area (Å²) in [7, 11) is 0. The van der Waals surface area contributed by atoms with Gasteiger partial charge in [0, 0.05) is 28.4 Å². The summed E-state index contributed by atoms with van der Waals surface area (Å²) < 4.78 is 5.87. The zero-order chi connectivity index (χ0) is 20.8. The maximum atomic E-state index is 5.95. The Hall–Kier alpha value is -2.80. The van der Waals surface area contributed by atoms with Gasteiger partial charge in [-0.2, -0.15) is 0 Å². The first kappa shape index (κ1) is 20.5. The minimum Gasteiger partial charge on any atom is -0.492 e. The number of hydrogen-bond acceptors (Lipinski definition) is 3. The van der Waals surface area contributed by atoms with Crippen molar-refractivity contribution in [1.82, 2.24) is 10.3 Å². The van der Waals surface area contributed by atoms with Crippen LogP contribution in [-0.2, 0) is 0 Å². The molecule has 1 atom stereocenters. The van der Waals surface area contributed by atoms with Crippen molar-refractivity contribution in [2.24, 2.45) is 5.92 Å². The molecule has 0 saturated heterocycles. The molecular formula is C26H25ClN2O. The summed E-state index contributed by atoms with van der Waals surface area (Å²) in [6.45, 7) is 3.93. The van der Waals surface area contributed by atoms with Gasteiger partial charge >= 0.3 is 0 Å². The highest BCUT2D eigenvalue weighted by molar-refractivity contribution is 6.30. The Balaban J connectivity index is 1.30. The molecule has 1 fully saturated rings. The van der Waals surface area contributed by atoms with Crippen molar-refractivity contribution in [2.75, 3.05) is 13.2 Å². The number of pyridine rings is 1. The van der Waals surface area contributed by atoms with E-state index >= 15 is 0 Å². The largest absolute Gasteiger partial charge is 0.492 e. The lowest BCUT2D eigenvalue weighted by molar-refractivity contribution is 0.272. The quantitative estimate of drug-likeness (QED) is 0.511. The smallest absolute Gasteiger partial charge is 0.119 e. The summed E-state index contributed by atoms with van der Waals surface area (Å²) >= 11 is 5.95. The fourth-order valence-electron chi connectivity index (χ4n) is 3.02. The Labute approximate surface area is 183 Å². The summed E-state index contributed by atoms with van der Waals surface area (Å²) in [5.74, 6) is 8.03. The topological polar surface area (TPSA) is 34.1 Å². The molecule has 152 valence electrons. The van der Waals surface area contributed by atoms with E-state index in [0.29, 0.717) is 12.6 Å². The molecule has 1 heterocycles.